The summed E-state index contributed by atoms with van der Waals surface area (Å²) in [5.74, 6) is 0.896. The van der Waals surface area contributed by atoms with Crippen LogP contribution in [0.15, 0.2) is 22.7 Å². The SMILES string of the molecule is CC(C)N(CC1CC1)c1ccc([C@H](C)N)cc1Br. The summed E-state index contributed by atoms with van der Waals surface area (Å²) in [5, 5.41) is 0. The Labute approximate surface area is 119 Å². The molecule has 2 N–H and O–H groups in total. The van der Waals surface area contributed by atoms with Crippen molar-refractivity contribution in [1.82, 2.24) is 0 Å². The minimum atomic E-state index is 0.0892. The number of nitrogens with zero attached hydrogens (tertiary/aromatic N) is 1. The molecule has 3 heteroatoms. The average Bonchev–Trinajstić information content (AvgIpc) is 3.09. The summed E-state index contributed by atoms with van der Waals surface area (Å²) in [7, 11) is 0. The Morgan fingerprint density at radius 1 is 1.33 bits per heavy atom. The van der Waals surface area contributed by atoms with E-state index in [1.807, 2.05) is 6.92 Å². The Morgan fingerprint density at radius 2 is 2.00 bits per heavy atom. The molecule has 2 rings (SSSR count). The molecule has 0 radical (unpaired) electrons. The summed E-state index contributed by atoms with van der Waals surface area (Å²) in [6.07, 6.45) is 2.78. The molecule has 0 saturated heterocycles. The first kappa shape index (κ1) is 13.9. The van der Waals surface area contributed by atoms with Gasteiger partial charge in [-0.2, -0.15) is 0 Å². The summed E-state index contributed by atoms with van der Waals surface area (Å²) in [6, 6.07) is 7.12. The van der Waals surface area contributed by atoms with Crippen LogP contribution in [0.1, 0.15) is 45.2 Å². The number of nitrogens with two attached hydrogens (primary N) is 1. The monoisotopic (exact) mass is 310 g/mol. The third-order valence-electron chi connectivity index (χ3n) is 3.58. The predicted molar refractivity (Wildman–Crippen MR) is 82.0 cm³/mol. The fraction of sp³-hybridized carbons (Fsp3) is 0.600. The second-order valence-electron chi connectivity index (χ2n) is 5.69. The molecular formula is C15H23BrN2. The summed E-state index contributed by atoms with van der Waals surface area (Å²) in [6.45, 7) is 7.71. The summed E-state index contributed by atoms with van der Waals surface area (Å²) in [4.78, 5) is 2.49. The molecule has 2 nitrogen and oxygen atoms in total. The van der Waals surface area contributed by atoms with Crippen LogP contribution < -0.4 is 10.6 Å². The van der Waals surface area contributed by atoms with Crippen LogP contribution in [0.3, 0.4) is 0 Å². The average molecular weight is 311 g/mol. The highest BCUT2D eigenvalue weighted by Crippen LogP contribution is 2.35. The van der Waals surface area contributed by atoms with Gasteiger partial charge in [0.15, 0.2) is 0 Å². The first-order valence-corrected chi connectivity index (χ1v) is 7.60. The first-order chi connectivity index (χ1) is 8.49. The lowest BCUT2D eigenvalue weighted by atomic mass is 10.1. The standard InChI is InChI=1S/C15H23BrN2/c1-10(2)18(9-12-4-5-12)15-7-6-13(11(3)17)8-14(15)16/h6-8,10-12H,4-5,9,17H2,1-3H3/t11-/m0/s1. The van der Waals surface area contributed by atoms with Crippen LogP contribution in [0.4, 0.5) is 5.69 Å². The number of anilines is 1. The molecule has 1 atom stereocenters. The zero-order valence-corrected chi connectivity index (χ0v) is 13.1. The normalized spacial score (nSPS) is 17.0. The highest BCUT2D eigenvalue weighted by Gasteiger charge is 2.26. The van der Waals surface area contributed by atoms with E-state index in [1.165, 1.54) is 30.6 Å². The Hall–Kier alpha value is -0.540. The molecule has 0 amide bonds. The molecule has 1 aliphatic rings. The number of hydrogen-bond donors (Lipinski definition) is 1. The molecule has 0 aromatic heterocycles. The van der Waals surface area contributed by atoms with Gasteiger partial charge in [-0.05, 0) is 73.2 Å². The van der Waals surface area contributed by atoms with E-state index in [-0.39, 0.29) is 6.04 Å². The Morgan fingerprint density at radius 3 is 2.44 bits per heavy atom. The van der Waals surface area contributed by atoms with Crippen molar-refractivity contribution < 1.29 is 0 Å². The number of halogens is 1. The van der Waals surface area contributed by atoms with Crippen LogP contribution in [0.25, 0.3) is 0 Å². The zero-order chi connectivity index (χ0) is 13.3. The van der Waals surface area contributed by atoms with Crippen molar-refractivity contribution in [3.8, 4) is 0 Å². The van der Waals surface area contributed by atoms with E-state index in [0.29, 0.717) is 6.04 Å². The summed E-state index contributed by atoms with van der Waals surface area (Å²) < 4.78 is 1.16. The van der Waals surface area contributed by atoms with E-state index >= 15 is 0 Å². The van der Waals surface area contributed by atoms with Gasteiger partial charge in [0, 0.05) is 23.1 Å². The van der Waals surface area contributed by atoms with Crippen molar-refractivity contribution in [2.75, 3.05) is 11.4 Å². The van der Waals surface area contributed by atoms with Crippen LogP contribution in [0.5, 0.6) is 0 Å². The van der Waals surface area contributed by atoms with E-state index < -0.39 is 0 Å². The molecule has 1 fully saturated rings. The number of benzene rings is 1. The van der Waals surface area contributed by atoms with Crippen molar-refractivity contribution in [2.45, 2.75) is 45.7 Å². The first-order valence-electron chi connectivity index (χ1n) is 6.80. The maximum atomic E-state index is 5.92. The van der Waals surface area contributed by atoms with Gasteiger partial charge < -0.3 is 10.6 Å². The van der Waals surface area contributed by atoms with Gasteiger partial charge in [0.2, 0.25) is 0 Å². The van der Waals surface area contributed by atoms with Gasteiger partial charge in [-0.3, -0.25) is 0 Å². The van der Waals surface area contributed by atoms with Crippen LogP contribution >= 0.6 is 15.9 Å². The molecule has 18 heavy (non-hydrogen) atoms. The Kier molecular flexibility index (Phi) is 4.33. The quantitative estimate of drug-likeness (QED) is 0.887. The molecule has 0 spiro atoms. The highest BCUT2D eigenvalue weighted by molar-refractivity contribution is 9.10. The molecule has 1 aromatic carbocycles. The maximum Gasteiger partial charge on any atom is 0.0513 e. The Bertz CT molecular complexity index is 411. The largest absolute Gasteiger partial charge is 0.368 e. The van der Waals surface area contributed by atoms with Gasteiger partial charge in [-0.1, -0.05) is 6.07 Å². The van der Waals surface area contributed by atoms with Gasteiger partial charge in [-0.15, -0.1) is 0 Å². The van der Waals surface area contributed by atoms with Crippen molar-refractivity contribution in [1.29, 1.82) is 0 Å². The van der Waals surface area contributed by atoms with E-state index in [9.17, 15) is 0 Å². The van der Waals surface area contributed by atoms with Gasteiger partial charge in [-0.25, -0.2) is 0 Å². The fourth-order valence-corrected chi connectivity index (χ4v) is 2.83. The minimum Gasteiger partial charge on any atom is -0.368 e. The van der Waals surface area contributed by atoms with Gasteiger partial charge in [0.05, 0.1) is 5.69 Å². The van der Waals surface area contributed by atoms with Crippen LogP contribution in [-0.2, 0) is 0 Å². The molecule has 0 bridgehead atoms. The van der Waals surface area contributed by atoms with E-state index in [2.05, 4.69) is 52.9 Å². The lowest BCUT2D eigenvalue weighted by molar-refractivity contribution is 0.643. The second kappa shape index (κ2) is 5.62. The Balaban J connectivity index is 2.23. The maximum absolute atomic E-state index is 5.92. The lowest BCUT2D eigenvalue weighted by Crippen LogP contribution is -2.33. The van der Waals surface area contributed by atoms with Crippen molar-refractivity contribution in [3.05, 3.63) is 28.2 Å². The summed E-state index contributed by atoms with van der Waals surface area (Å²) >= 11 is 3.70. The molecule has 1 aliphatic carbocycles. The highest BCUT2D eigenvalue weighted by atomic mass is 79.9. The third-order valence-corrected chi connectivity index (χ3v) is 4.22. The molecule has 0 aliphatic heterocycles. The minimum absolute atomic E-state index is 0.0892. The predicted octanol–water partition coefficient (Wildman–Crippen LogP) is 4.09. The van der Waals surface area contributed by atoms with Crippen LogP contribution in [0, 0.1) is 5.92 Å². The molecular weight excluding hydrogens is 288 g/mol. The molecule has 0 heterocycles. The van der Waals surface area contributed by atoms with E-state index in [4.69, 9.17) is 5.73 Å². The molecule has 1 saturated carbocycles. The topological polar surface area (TPSA) is 29.3 Å². The van der Waals surface area contributed by atoms with E-state index in [1.54, 1.807) is 0 Å². The van der Waals surface area contributed by atoms with Crippen LogP contribution in [0.2, 0.25) is 0 Å². The lowest BCUT2D eigenvalue weighted by Gasteiger charge is -2.30. The molecule has 0 unspecified atom stereocenters. The third kappa shape index (κ3) is 3.27. The van der Waals surface area contributed by atoms with E-state index in [0.717, 1.165) is 10.4 Å². The smallest absolute Gasteiger partial charge is 0.0513 e. The van der Waals surface area contributed by atoms with Crippen molar-refractivity contribution in [3.63, 3.8) is 0 Å². The number of rotatable bonds is 5. The van der Waals surface area contributed by atoms with Gasteiger partial charge >= 0.3 is 0 Å². The van der Waals surface area contributed by atoms with Crippen molar-refractivity contribution >= 4 is 21.6 Å². The van der Waals surface area contributed by atoms with Gasteiger partial charge in [0.1, 0.15) is 0 Å². The molecule has 100 valence electrons. The second-order valence-corrected chi connectivity index (χ2v) is 6.54. The fourth-order valence-electron chi connectivity index (χ4n) is 2.21. The van der Waals surface area contributed by atoms with Crippen LogP contribution in [-0.4, -0.2) is 12.6 Å². The summed E-state index contributed by atoms with van der Waals surface area (Å²) in [5.41, 5.74) is 8.40. The van der Waals surface area contributed by atoms with Gasteiger partial charge in [0.25, 0.3) is 0 Å². The van der Waals surface area contributed by atoms with Crippen molar-refractivity contribution in [2.24, 2.45) is 11.7 Å². The molecule has 1 aromatic rings. The zero-order valence-electron chi connectivity index (χ0n) is 11.5. The number of hydrogen-bond acceptors (Lipinski definition) is 2.